The summed E-state index contributed by atoms with van der Waals surface area (Å²) >= 11 is 0. The Morgan fingerprint density at radius 3 is 2.17 bits per heavy atom. The van der Waals surface area contributed by atoms with Gasteiger partial charge in [-0.05, 0) is 48.2 Å². The SMILES string of the molecule is COc1ccc(NS(=O)(=O)c2cc(C)cc(C(C)(C)C)c2O)cc1. The molecule has 6 heteroatoms. The molecule has 24 heavy (non-hydrogen) atoms. The summed E-state index contributed by atoms with van der Waals surface area (Å²) in [5, 5.41) is 10.5. The summed E-state index contributed by atoms with van der Waals surface area (Å²) in [4.78, 5) is -0.122. The molecule has 0 aliphatic rings. The summed E-state index contributed by atoms with van der Waals surface area (Å²) in [6.07, 6.45) is 0. The highest BCUT2D eigenvalue weighted by Crippen LogP contribution is 2.37. The molecule has 0 saturated heterocycles. The molecule has 130 valence electrons. The number of nitrogens with one attached hydrogen (secondary N) is 1. The van der Waals surface area contributed by atoms with E-state index in [1.807, 2.05) is 26.8 Å². The Labute approximate surface area is 143 Å². The topological polar surface area (TPSA) is 75.6 Å². The molecule has 2 rings (SSSR count). The van der Waals surface area contributed by atoms with Crippen LogP contribution in [0.1, 0.15) is 31.9 Å². The number of hydrogen-bond donors (Lipinski definition) is 2. The average Bonchev–Trinajstić information content (AvgIpc) is 2.48. The second kappa shape index (κ2) is 6.36. The molecule has 2 aromatic carbocycles. The number of hydrogen-bond acceptors (Lipinski definition) is 4. The number of methoxy groups -OCH3 is 1. The Morgan fingerprint density at radius 2 is 1.67 bits per heavy atom. The van der Waals surface area contributed by atoms with Crippen molar-refractivity contribution in [3.63, 3.8) is 0 Å². The summed E-state index contributed by atoms with van der Waals surface area (Å²) in [5.41, 5.74) is 1.39. The van der Waals surface area contributed by atoms with Gasteiger partial charge in [-0.25, -0.2) is 8.42 Å². The number of phenolic OH excluding ortho intramolecular Hbond substituents is 1. The summed E-state index contributed by atoms with van der Waals surface area (Å²) in [6.45, 7) is 7.58. The van der Waals surface area contributed by atoms with E-state index in [0.717, 1.165) is 5.56 Å². The first-order valence-corrected chi connectivity index (χ1v) is 9.04. The van der Waals surface area contributed by atoms with Crippen molar-refractivity contribution in [2.45, 2.75) is 38.0 Å². The second-order valence-electron chi connectivity index (χ2n) is 6.74. The van der Waals surface area contributed by atoms with Crippen molar-refractivity contribution in [2.75, 3.05) is 11.8 Å². The molecule has 2 aromatic rings. The lowest BCUT2D eigenvalue weighted by Gasteiger charge is -2.23. The molecule has 0 aliphatic heterocycles. The van der Waals surface area contributed by atoms with Crippen LogP contribution in [0.3, 0.4) is 0 Å². The molecule has 0 atom stereocenters. The molecule has 0 aliphatic carbocycles. The molecule has 0 bridgehead atoms. The first-order chi connectivity index (χ1) is 11.0. The van der Waals surface area contributed by atoms with Crippen LogP contribution in [0, 0.1) is 6.92 Å². The van der Waals surface area contributed by atoms with Crippen LogP contribution in [-0.2, 0) is 15.4 Å². The number of rotatable bonds is 4. The Balaban J connectivity index is 2.47. The third-order valence-corrected chi connectivity index (χ3v) is 5.05. The van der Waals surface area contributed by atoms with E-state index in [2.05, 4.69) is 4.72 Å². The number of aryl methyl sites for hydroxylation is 1. The predicted octanol–water partition coefficient (Wildman–Crippen LogP) is 3.81. The van der Waals surface area contributed by atoms with Gasteiger partial charge in [0.05, 0.1) is 7.11 Å². The van der Waals surface area contributed by atoms with Gasteiger partial charge in [0.2, 0.25) is 0 Å². The number of benzene rings is 2. The van der Waals surface area contributed by atoms with Crippen molar-refractivity contribution in [3.8, 4) is 11.5 Å². The van der Waals surface area contributed by atoms with Gasteiger partial charge in [0.15, 0.2) is 0 Å². The Kier molecular flexibility index (Phi) is 4.80. The van der Waals surface area contributed by atoms with Gasteiger partial charge in [-0.2, -0.15) is 0 Å². The molecule has 0 saturated carbocycles. The number of phenols is 1. The molecule has 2 N–H and O–H groups in total. The number of anilines is 1. The summed E-state index contributed by atoms with van der Waals surface area (Å²) < 4.78 is 33.0. The van der Waals surface area contributed by atoms with E-state index < -0.39 is 10.0 Å². The van der Waals surface area contributed by atoms with Crippen LogP contribution in [0.15, 0.2) is 41.3 Å². The number of ether oxygens (including phenoxy) is 1. The molecule has 0 unspecified atom stereocenters. The van der Waals surface area contributed by atoms with E-state index in [1.165, 1.54) is 13.2 Å². The minimum atomic E-state index is -3.91. The van der Waals surface area contributed by atoms with E-state index in [1.54, 1.807) is 31.2 Å². The number of aromatic hydroxyl groups is 1. The zero-order valence-electron chi connectivity index (χ0n) is 14.5. The monoisotopic (exact) mass is 349 g/mol. The van der Waals surface area contributed by atoms with Crippen LogP contribution in [0.25, 0.3) is 0 Å². The largest absolute Gasteiger partial charge is 0.506 e. The molecular formula is C18H23NO4S. The average molecular weight is 349 g/mol. The highest BCUT2D eigenvalue weighted by molar-refractivity contribution is 7.92. The molecule has 0 fully saturated rings. The quantitative estimate of drug-likeness (QED) is 0.880. The highest BCUT2D eigenvalue weighted by atomic mass is 32.2. The molecule has 0 heterocycles. The van der Waals surface area contributed by atoms with E-state index in [9.17, 15) is 13.5 Å². The molecular weight excluding hydrogens is 326 g/mol. The fraction of sp³-hybridized carbons (Fsp3) is 0.333. The van der Waals surface area contributed by atoms with Gasteiger partial charge in [-0.15, -0.1) is 0 Å². The van der Waals surface area contributed by atoms with Gasteiger partial charge < -0.3 is 9.84 Å². The van der Waals surface area contributed by atoms with Crippen molar-refractivity contribution < 1.29 is 18.3 Å². The maximum Gasteiger partial charge on any atom is 0.265 e. The first kappa shape index (κ1) is 18.1. The van der Waals surface area contributed by atoms with E-state index >= 15 is 0 Å². The van der Waals surface area contributed by atoms with Gasteiger partial charge in [0.1, 0.15) is 16.4 Å². The van der Waals surface area contributed by atoms with Crippen molar-refractivity contribution in [2.24, 2.45) is 0 Å². The standard InChI is InChI=1S/C18H23NO4S/c1-12-10-15(18(2,3)4)17(20)16(11-12)24(21,22)19-13-6-8-14(23-5)9-7-13/h6-11,19-20H,1-5H3. The normalized spacial score (nSPS) is 12.0. The van der Waals surface area contributed by atoms with Gasteiger partial charge in [-0.3, -0.25) is 4.72 Å². The summed E-state index contributed by atoms with van der Waals surface area (Å²) in [5.74, 6) is 0.417. The van der Waals surface area contributed by atoms with Crippen LogP contribution in [0.2, 0.25) is 0 Å². The Morgan fingerprint density at radius 1 is 1.08 bits per heavy atom. The van der Waals surface area contributed by atoms with Crippen molar-refractivity contribution in [3.05, 3.63) is 47.5 Å². The molecule has 0 radical (unpaired) electrons. The minimum absolute atomic E-state index is 0.122. The van der Waals surface area contributed by atoms with Gasteiger partial charge >= 0.3 is 0 Å². The first-order valence-electron chi connectivity index (χ1n) is 7.55. The molecule has 0 aromatic heterocycles. The van der Waals surface area contributed by atoms with Crippen molar-refractivity contribution in [1.29, 1.82) is 0 Å². The summed E-state index contributed by atoms with van der Waals surface area (Å²) in [6, 6.07) is 9.81. The Hall–Kier alpha value is -2.21. The van der Waals surface area contributed by atoms with E-state index in [-0.39, 0.29) is 16.1 Å². The molecule has 5 nitrogen and oxygen atoms in total. The van der Waals surface area contributed by atoms with Crippen LogP contribution >= 0.6 is 0 Å². The lowest BCUT2D eigenvalue weighted by atomic mass is 9.85. The zero-order valence-corrected chi connectivity index (χ0v) is 15.4. The maximum atomic E-state index is 12.7. The van der Waals surface area contributed by atoms with Crippen molar-refractivity contribution >= 4 is 15.7 Å². The highest BCUT2D eigenvalue weighted by Gasteiger charge is 2.26. The van der Waals surface area contributed by atoms with Gasteiger partial charge in [-0.1, -0.05) is 26.8 Å². The number of sulfonamides is 1. The minimum Gasteiger partial charge on any atom is -0.506 e. The molecule has 0 amide bonds. The molecule has 0 spiro atoms. The van der Waals surface area contributed by atoms with Crippen LogP contribution in [-0.4, -0.2) is 20.6 Å². The lowest BCUT2D eigenvalue weighted by molar-refractivity contribution is 0.415. The second-order valence-corrected chi connectivity index (χ2v) is 8.39. The van der Waals surface area contributed by atoms with Gasteiger partial charge in [0.25, 0.3) is 10.0 Å². The van der Waals surface area contributed by atoms with Gasteiger partial charge in [0, 0.05) is 11.3 Å². The van der Waals surface area contributed by atoms with E-state index in [4.69, 9.17) is 4.74 Å². The van der Waals surface area contributed by atoms with Crippen molar-refractivity contribution in [1.82, 2.24) is 0 Å². The third kappa shape index (κ3) is 3.82. The maximum absolute atomic E-state index is 12.7. The third-order valence-electron chi connectivity index (χ3n) is 3.66. The predicted molar refractivity (Wildman–Crippen MR) is 95.3 cm³/mol. The van der Waals surface area contributed by atoms with Crippen LogP contribution in [0.4, 0.5) is 5.69 Å². The van der Waals surface area contributed by atoms with E-state index in [0.29, 0.717) is 17.0 Å². The van der Waals surface area contributed by atoms with Crippen LogP contribution < -0.4 is 9.46 Å². The zero-order chi connectivity index (χ0) is 18.1. The fourth-order valence-corrected chi connectivity index (χ4v) is 3.65. The van der Waals surface area contributed by atoms with Crippen LogP contribution in [0.5, 0.6) is 11.5 Å². The fourth-order valence-electron chi connectivity index (χ4n) is 2.39. The smallest absolute Gasteiger partial charge is 0.265 e. The Bertz CT molecular complexity index is 835. The lowest BCUT2D eigenvalue weighted by Crippen LogP contribution is -2.17. The summed E-state index contributed by atoms with van der Waals surface area (Å²) in [7, 11) is -2.37.